The van der Waals surface area contributed by atoms with E-state index in [4.69, 9.17) is 4.98 Å². The molecule has 0 saturated carbocycles. The van der Waals surface area contributed by atoms with Gasteiger partial charge in [-0.2, -0.15) is 10.2 Å². The summed E-state index contributed by atoms with van der Waals surface area (Å²) in [4.78, 5) is 13.5. The average molecular weight is 393 g/mol. The Kier molecular flexibility index (Phi) is 4.83. The summed E-state index contributed by atoms with van der Waals surface area (Å²) in [7, 11) is 0. The van der Waals surface area contributed by atoms with Crippen molar-refractivity contribution >= 4 is 0 Å². The second-order valence-electron chi connectivity index (χ2n) is 6.85. The highest BCUT2D eigenvalue weighted by molar-refractivity contribution is 5.53. The van der Waals surface area contributed by atoms with Crippen LogP contribution in [-0.2, 0) is 13.1 Å². The molecule has 0 aliphatic rings. The van der Waals surface area contributed by atoms with Crippen LogP contribution in [0.15, 0.2) is 91.5 Å². The van der Waals surface area contributed by atoms with Gasteiger partial charge in [0.05, 0.1) is 35.9 Å². The molecule has 0 aliphatic carbocycles. The molecule has 0 unspecified atom stereocenters. The Labute approximate surface area is 173 Å². The van der Waals surface area contributed by atoms with E-state index in [2.05, 4.69) is 20.2 Å². The summed E-state index contributed by atoms with van der Waals surface area (Å²) in [5.74, 6) is 0. The van der Waals surface area contributed by atoms with Crippen LogP contribution < -0.4 is 0 Å². The number of aromatic nitrogens is 7. The number of hydrogen-bond acceptors (Lipinski definition) is 5. The van der Waals surface area contributed by atoms with Crippen LogP contribution in [-0.4, -0.2) is 34.5 Å². The van der Waals surface area contributed by atoms with E-state index in [1.54, 1.807) is 12.4 Å². The van der Waals surface area contributed by atoms with Crippen LogP contribution in [0.3, 0.4) is 0 Å². The van der Waals surface area contributed by atoms with Gasteiger partial charge in [-0.15, -0.1) is 0 Å². The molecule has 0 spiro atoms. The molecule has 0 saturated heterocycles. The lowest BCUT2D eigenvalue weighted by Crippen LogP contribution is -2.07. The number of rotatable bonds is 6. The maximum absolute atomic E-state index is 4.77. The molecular weight excluding hydrogens is 374 g/mol. The molecule has 0 bridgehead atoms. The standard InChI is InChI=1S/C23H19N7/c1-3-12-24-20(8-1)22-10-14-29(27-22)16-18-6-5-7-19(26-18)17-30-15-11-23(28-30)21-9-2-4-13-25-21/h1-15H,16-17H2. The van der Waals surface area contributed by atoms with E-state index in [9.17, 15) is 0 Å². The fourth-order valence-electron chi connectivity index (χ4n) is 3.24. The Balaban J connectivity index is 1.29. The van der Waals surface area contributed by atoms with Crippen molar-refractivity contribution < 1.29 is 0 Å². The molecule has 0 amide bonds. The van der Waals surface area contributed by atoms with Crippen molar-refractivity contribution in [3.63, 3.8) is 0 Å². The summed E-state index contributed by atoms with van der Waals surface area (Å²) in [6, 6.07) is 21.6. The molecule has 0 atom stereocenters. The molecule has 5 rings (SSSR count). The zero-order valence-electron chi connectivity index (χ0n) is 16.2. The molecular formula is C23H19N7. The van der Waals surface area contributed by atoms with E-state index in [1.165, 1.54) is 0 Å². The van der Waals surface area contributed by atoms with Crippen LogP contribution in [0, 0.1) is 0 Å². The van der Waals surface area contributed by atoms with Gasteiger partial charge in [0.1, 0.15) is 11.4 Å². The topological polar surface area (TPSA) is 74.3 Å². The van der Waals surface area contributed by atoms with E-state index < -0.39 is 0 Å². The van der Waals surface area contributed by atoms with E-state index in [1.807, 2.05) is 88.5 Å². The van der Waals surface area contributed by atoms with Crippen LogP contribution in [0.25, 0.3) is 22.8 Å². The lowest BCUT2D eigenvalue weighted by Gasteiger charge is -2.06. The van der Waals surface area contributed by atoms with Gasteiger partial charge in [-0.1, -0.05) is 18.2 Å². The Morgan fingerprint density at radius 2 is 1.07 bits per heavy atom. The minimum absolute atomic E-state index is 0.596. The molecule has 5 heterocycles. The monoisotopic (exact) mass is 393 g/mol. The fraction of sp³-hybridized carbons (Fsp3) is 0.0870. The maximum Gasteiger partial charge on any atom is 0.111 e. The van der Waals surface area contributed by atoms with Crippen LogP contribution in [0.1, 0.15) is 11.4 Å². The van der Waals surface area contributed by atoms with Gasteiger partial charge in [0.2, 0.25) is 0 Å². The minimum Gasteiger partial charge on any atom is -0.266 e. The largest absolute Gasteiger partial charge is 0.266 e. The van der Waals surface area contributed by atoms with Gasteiger partial charge in [0, 0.05) is 24.8 Å². The third-order valence-electron chi connectivity index (χ3n) is 4.65. The van der Waals surface area contributed by atoms with Crippen LogP contribution in [0.5, 0.6) is 0 Å². The van der Waals surface area contributed by atoms with Crippen LogP contribution in [0.4, 0.5) is 0 Å². The summed E-state index contributed by atoms with van der Waals surface area (Å²) in [6.07, 6.45) is 7.44. The first-order valence-corrected chi connectivity index (χ1v) is 9.68. The van der Waals surface area contributed by atoms with E-state index in [0.717, 1.165) is 34.2 Å². The zero-order valence-corrected chi connectivity index (χ0v) is 16.2. The molecule has 7 heteroatoms. The lowest BCUT2D eigenvalue weighted by atomic mass is 10.3. The summed E-state index contributed by atoms with van der Waals surface area (Å²) in [5.41, 5.74) is 5.32. The smallest absolute Gasteiger partial charge is 0.111 e. The average Bonchev–Trinajstić information content (AvgIpc) is 3.45. The number of hydrogen-bond donors (Lipinski definition) is 0. The molecule has 0 aromatic carbocycles. The third kappa shape index (κ3) is 4.00. The molecule has 30 heavy (non-hydrogen) atoms. The highest BCUT2D eigenvalue weighted by Gasteiger charge is 2.07. The minimum atomic E-state index is 0.596. The van der Waals surface area contributed by atoms with Gasteiger partial charge in [0.25, 0.3) is 0 Å². The SMILES string of the molecule is c1ccc(-c2ccn(Cc3cccc(Cn4ccc(-c5ccccn5)n4)n3)n2)nc1. The summed E-state index contributed by atoms with van der Waals surface area (Å²) in [5, 5.41) is 9.23. The fourth-order valence-corrected chi connectivity index (χ4v) is 3.24. The van der Waals surface area contributed by atoms with Gasteiger partial charge in [-0.3, -0.25) is 24.3 Å². The molecule has 0 aliphatic heterocycles. The maximum atomic E-state index is 4.77. The summed E-state index contributed by atoms with van der Waals surface area (Å²) < 4.78 is 3.76. The first-order chi connectivity index (χ1) is 14.8. The van der Waals surface area contributed by atoms with Crippen LogP contribution in [0.2, 0.25) is 0 Å². The molecule has 0 fully saturated rings. The van der Waals surface area contributed by atoms with Gasteiger partial charge in [-0.05, 0) is 48.5 Å². The van der Waals surface area contributed by atoms with Crippen molar-refractivity contribution in [2.45, 2.75) is 13.1 Å². The van der Waals surface area contributed by atoms with E-state index in [0.29, 0.717) is 13.1 Å². The quantitative estimate of drug-likeness (QED) is 0.440. The van der Waals surface area contributed by atoms with Gasteiger partial charge in [0.15, 0.2) is 0 Å². The van der Waals surface area contributed by atoms with Gasteiger partial charge < -0.3 is 0 Å². The highest BCUT2D eigenvalue weighted by Crippen LogP contribution is 2.15. The Morgan fingerprint density at radius 1 is 0.533 bits per heavy atom. The Hall–Kier alpha value is -4.13. The number of nitrogens with zero attached hydrogens (tertiary/aromatic N) is 7. The predicted molar refractivity (Wildman–Crippen MR) is 113 cm³/mol. The Morgan fingerprint density at radius 3 is 1.53 bits per heavy atom. The third-order valence-corrected chi connectivity index (χ3v) is 4.65. The second kappa shape index (κ2) is 8.08. The second-order valence-corrected chi connectivity index (χ2v) is 6.85. The summed E-state index contributed by atoms with van der Waals surface area (Å²) >= 11 is 0. The lowest BCUT2D eigenvalue weighted by molar-refractivity contribution is 0.649. The van der Waals surface area contributed by atoms with Gasteiger partial charge in [-0.25, -0.2) is 0 Å². The number of pyridine rings is 3. The van der Waals surface area contributed by atoms with Crippen molar-refractivity contribution in [2.75, 3.05) is 0 Å². The van der Waals surface area contributed by atoms with Crippen molar-refractivity contribution in [3.8, 4) is 22.8 Å². The van der Waals surface area contributed by atoms with Crippen molar-refractivity contribution in [2.24, 2.45) is 0 Å². The first-order valence-electron chi connectivity index (χ1n) is 9.68. The molecule has 0 radical (unpaired) electrons. The molecule has 5 aromatic heterocycles. The Bertz CT molecular complexity index is 1150. The summed E-state index contributed by atoms with van der Waals surface area (Å²) in [6.45, 7) is 1.19. The molecule has 0 N–H and O–H groups in total. The normalized spacial score (nSPS) is 10.9. The molecule has 5 aromatic rings. The predicted octanol–water partition coefficient (Wildman–Crippen LogP) is 3.70. The van der Waals surface area contributed by atoms with Gasteiger partial charge >= 0.3 is 0 Å². The molecule has 7 nitrogen and oxygen atoms in total. The first kappa shape index (κ1) is 17.9. The zero-order chi connectivity index (χ0) is 20.2. The van der Waals surface area contributed by atoms with E-state index in [-0.39, 0.29) is 0 Å². The van der Waals surface area contributed by atoms with Crippen molar-refractivity contribution in [1.82, 2.24) is 34.5 Å². The van der Waals surface area contributed by atoms with E-state index >= 15 is 0 Å². The highest BCUT2D eigenvalue weighted by atomic mass is 15.3. The molecule has 146 valence electrons. The van der Waals surface area contributed by atoms with Crippen molar-refractivity contribution in [3.05, 3.63) is 103 Å². The van der Waals surface area contributed by atoms with Crippen molar-refractivity contribution in [1.29, 1.82) is 0 Å². The van der Waals surface area contributed by atoms with Crippen LogP contribution >= 0.6 is 0 Å².